The molecular formula is C16H18N2O2. The van der Waals surface area contributed by atoms with Crippen molar-refractivity contribution >= 4 is 16.8 Å². The summed E-state index contributed by atoms with van der Waals surface area (Å²) in [6, 6.07) is 6.36. The predicted molar refractivity (Wildman–Crippen MR) is 77.1 cm³/mol. The number of aromatic nitrogens is 1. The Hall–Kier alpha value is -1.68. The molecule has 3 atom stereocenters. The molecule has 20 heavy (non-hydrogen) atoms. The summed E-state index contributed by atoms with van der Waals surface area (Å²) >= 11 is 0. The predicted octanol–water partition coefficient (Wildman–Crippen LogP) is 3.59. The number of ether oxygens (including phenoxy) is 1. The number of rotatable bonds is 1. The van der Waals surface area contributed by atoms with Crippen molar-refractivity contribution < 1.29 is 9.15 Å². The number of oxazole rings is 1. The highest BCUT2D eigenvalue weighted by Gasteiger charge is 2.33. The molecule has 0 bridgehead atoms. The van der Waals surface area contributed by atoms with Crippen LogP contribution in [0.3, 0.4) is 0 Å². The maximum Gasteiger partial charge on any atom is 0.192 e. The van der Waals surface area contributed by atoms with Crippen LogP contribution in [0, 0.1) is 6.92 Å². The minimum absolute atomic E-state index is 0.0365. The van der Waals surface area contributed by atoms with E-state index in [9.17, 15) is 0 Å². The van der Waals surface area contributed by atoms with Gasteiger partial charge in [-0.15, -0.1) is 0 Å². The lowest BCUT2D eigenvalue weighted by molar-refractivity contribution is 0.0524. The molecule has 1 fully saturated rings. The standard InChI is InChI=1S/C16H18N2O2/c1-9-17-13-7-11(3-5-15(13)19-9)12-4-6-16-14(8-12)18-10(2)20-16/h3,5,7,10,12,16H,4,6,8H2,1-2H3. The summed E-state index contributed by atoms with van der Waals surface area (Å²) in [5.41, 5.74) is 4.41. The first-order valence-corrected chi connectivity index (χ1v) is 7.28. The quantitative estimate of drug-likeness (QED) is 0.795. The molecule has 4 rings (SSSR count). The lowest BCUT2D eigenvalue weighted by atomic mass is 9.81. The van der Waals surface area contributed by atoms with Crippen molar-refractivity contribution in [3.8, 4) is 0 Å². The molecule has 0 amide bonds. The smallest absolute Gasteiger partial charge is 0.192 e. The van der Waals surface area contributed by atoms with Crippen molar-refractivity contribution in [1.82, 2.24) is 4.98 Å². The molecule has 104 valence electrons. The lowest BCUT2D eigenvalue weighted by Crippen LogP contribution is -2.27. The molecule has 0 radical (unpaired) electrons. The molecule has 4 heteroatoms. The zero-order chi connectivity index (χ0) is 13.7. The van der Waals surface area contributed by atoms with Crippen molar-refractivity contribution in [3.05, 3.63) is 29.7 Å². The van der Waals surface area contributed by atoms with Crippen LogP contribution in [0.15, 0.2) is 27.6 Å². The molecule has 0 spiro atoms. The number of aliphatic imine (C=N–C) groups is 1. The SMILES string of the molecule is Cc1nc2cc(C3CCC4OC(C)N=C4C3)ccc2o1. The highest BCUT2D eigenvalue weighted by molar-refractivity contribution is 5.91. The topological polar surface area (TPSA) is 47.6 Å². The number of benzene rings is 1. The zero-order valence-electron chi connectivity index (χ0n) is 11.8. The Morgan fingerprint density at radius 1 is 1.25 bits per heavy atom. The Bertz CT molecular complexity index is 689. The van der Waals surface area contributed by atoms with Gasteiger partial charge in [-0.05, 0) is 49.8 Å². The second-order valence-corrected chi connectivity index (χ2v) is 5.78. The molecule has 1 saturated carbocycles. The van der Waals surface area contributed by atoms with Gasteiger partial charge in [0.25, 0.3) is 0 Å². The molecule has 0 saturated heterocycles. The van der Waals surface area contributed by atoms with Crippen LogP contribution in [0.4, 0.5) is 0 Å². The molecule has 1 aliphatic heterocycles. The lowest BCUT2D eigenvalue weighted by Gasteiger charge is -2.26. The monoisotopic (exact) mass is 270 g/mol. The Labute approximate surface area is 117 Å². The van der Waals surface area contributed by atoms with E-state index in [0.29, 0.717) is 5.92 Å². The molecule has 2 aliphatic rings. The van der Waals surface area contributed by atoms with Gasteiger partial charge in [0.05, 0.1) is 6.10 Å². The highest BCUT2D eigenvalue weighted by Crippen LogP contribution is 2.36. The second kappa shape index (κ2) is 4.42. The average molecular weight is 270 g/mol. The van der Waals surface area contributed by atoms with E-state index in [4.69, 9.17) is 9.15 Å². The first-order chi connectivity index (χ1) is 9.69. The van der Waals surface area contributed by atoms with Crippen molar-refractivity contribution in [2.75, 3.05) is 0 Å². The summed E-state index contributed by atoms with van der Waals surface area (Å²) in [6.07, 6.45) is 3.54. The Kier molecular flexibility index (Phi) is 2.67. The first kappa shape index (κ1) is 12.1. The first-order valence-electron chi connectivity index (χ1n) is 7.28. The van der Waals surface area contributed by atoms with Crippen LogP contribution in [-0.2, 0) is 4.74 Å². The highest BCUT2D eigenvalue weighted by atomic mass is 16.5. The van der Waals surface area contributed by atoms with Gasteiger partial charge in [-0.2, -0.15) is 0 Å². The molecule has 2 heterocycles. The van der Waals surface area contributed by atoms with E-state index in [2.05, 4.69) is 22.1 Å². The minimum Gasteiger partial charge on any atom is -0.441 e. The van der Waals surface area contributed by atoms with Crippen LogP contribution in [0.5, 0.6) is 0 Å². The fourth-order valence-electron chi connectivity index (χ4n) is 3.39. The summed E-state index contributed by atoms with van der Waals surface area (Å²) in [4.78, 5) is 9.04. The van der Waals surface area contributed by atoms with Crippen molar-refractivity contribution in [3.63, 3.8) is 0 Å². The van der Waals surface area contributed by atoms with Crippen LogP contribution < -0.4 is 0 Å². The van der Waals surface area contributed by atoms with Gasteiger partial charge in [0.15, 0.2) is 11.5 Å². The van der Waals surface area contributed by atoms with Gasteiger partial charge >= 0.3 is 0 Å². The summed E-state index contributed by atoms with van der Waals surface area (Å²) in [5.74, 6) is 1.25. The molecule has 1 aromatic heterocycles. The van der Waals surface area contributed by atoms with Gasteiger partial charge in [0, 0.05) is 12.6 Å². The number of fused-ring (bicyclic) bond motifs is 2. The van der Waals surface area contributed by atoms with E-state index < -0.39 is 0 Å². The number of nitrogens with zero attached hydrogens (tertiary/aromatic N) is 2. The fraction of sp³-hybridized carbons (Fsp3) is 0.500. The number of hydrogen-bond acceptors (Lipinski definition) is 4. The minimum atomic E-state index is 0.0365. The van der Waals surface area contributed by atoms with Crippen molar-refractivity contribution in [1.29, 1.82) is 0 Å². The maximum absolute atomic E-state index is 5.79. The number of hydrogen-bond donors (Lipinski definition) is 0. The summed E-state index contributed by atoms with van der Waals surface area (Å²) in [7, 11) is 0. The summed E-state index contributed by atoms with van der Waals surface area (Å²) < 4.78 is 11.3. The van der Waals surface area contributed by atoms with E-state index in [1.165, 1.54) is 11.3 Å². The Morgan fingerprint density at radius 3 is 3.05 bits per heavy atom. The molecule has 3 unspecified atom stereocenters. The van der Waals surface area contributed by atoms with Crippen LogP contribution in [-0.4, -0.2) is 23.0 Å². The molecular weight excluding hydrogens is 252 g/mol. The van der Waals surface area contributed by atoms with E-state index in [1.807, 2.05) is 19.9 Å². The molecule has 4 nitrogen and oxygen atoms in total. The van der Waals surface area contributed by atoms with Gasteiger partial charge in [-0.3, -0.25) is 4.99 Å². The van der Waals surface area contributed by atoms with E-state index >= 15 is 0 Å². The second-order valence-electron chi connectivity index (χ2n) is 5.78. The third-order valence-corrected chi connectivity index (χ3v) is 4.30. The zero-order valence-corrected chi connectivity index (χ0v) is 11.8. The van der Waals surface area contributed by atoms with Crippen LogP contribution in [0.2, 0.25) is 0 Å². The van der Waals surface area contributed by atoms with E-state index in [1.54, 1.807) is 0 Å². The summed E-state index contributed by atoms with van der Waals surface area (Å²) in [5, 5.41) is 0. The maximum atomic E-state index is 5.79. The Balaban J connectivity index is 1.64. The Morgan fingerprint density at radius 2 is 2.15 bits per heavy atom. The van der Waals surface area contributed by atoms with Gasteiger partial charge < -0.3 is 9.15 Å². The van der Waals surface area contributed by atoms with Crippen LogP contribution >= 0.6 is 0 Å². The third kappa shape index (κ3) is 1.95. The summed E-state index contributed by atoms with van der Waals surface area (Å²) in [6.45, 7) is 3.90. The molecule has 0 N–H and O–H groups in total. The van der Waals surface area contributed by atoms with Gasteiger partial charge in [0.2, 0.25) is 0 Å². The van der Waals surface area contributed by atoms with Crippen molar-refractivity contribution in [2.24, 2.45) is 4.99 Å². The van der Waals surface area contributed by atoms with Crippen LogP contribution in [0.25, 0.3) is 11.1 Å². The number of aryl methyl sites for hydroxylation is 1. The van der Waals surface area contributed by atoms with E-state index in [-0.39, 0.29) is 12.3 Å². The average Bonchev–Trinajstić information content (AvgIpc) is 2.97. The van der Waals surface area contributed by atoms with Crippen LogP contribution in [0.1, 0.15) is 43.6 Å². The molecule has 1 aliphatic carbocycles. The largest absolute Gasteiger partial charge is 0.441 e. The molecule has 1 aromatic carbocycles. The van der Waals surface area contributed by atoms with Gasteiger partial charge in [0.1, 0.15) is 11.7 Å². The van der Waals surface area contributed by atoms with E-state index in [0.717, 1.165) is 36.3 Å². The van der Waals surface area contributed by atoms with Gasteiger partial charge in [-0.1, -0.05) is 6.07 Å². The molecule has 2 aromatic rings. The van der Waals surface area contributed by atoms with Gasteiger partial charge in [-0.25, -0.2) is 4.98 Å². The third-order valence-electron chi connectivity index (χ3n) is 4.30. The fourth-order valence-corrected chi connectivity index (χ4v) is 3.39. The normalized spacial score (nSPS) is 29.5. The van der Waals surface area contributed by atoms with Crippen molar-refractivity contribution in [2.45, 2.75) is 51.4 Å².